The number of hydrogen-bond donors (Lipinski definition) is 5. The molecule has 3 aromatic rings. The third kappa shape index (κ3) is 5.18. The highest BCUT2D eigenvalue weighted by Crippen LogP contribution is 2.34. The van der Waals surface area contributed by atoms with Gasteiger partial charge >= 0.3 is 5.69 Å². The number of alkyl halides is 1. The fourth-order valence-electron chi connectivity index (χ4n) is 2.93. The van der Waals surface area contributed by atoms with E-state index in [4.69, 9.17) is 20.6 Å². The van der Waals surface area contributed by atoms with Crippen molar-refractivity contribution in [3.8, 4) is 11.5 Å². The Kier molecular flexibility index (Phi) is 6.85. The quantitative estimate of drug-likeness (QED) is 0.246. The third-order valence-corrected chi connectivity index (χ3v) is 4.30. The van der Waals surface area contributed by atoms with E-state index < -0.39 is 24.2 Å². The molecule has 2 aromatic carbocycles. The van der Waals surface area contributed by atoms with Crippen LogP contribution in [-0.4, -0.2) is 40.9 Å². The summed E-state index contributed by atoms with van der Waals surface area (Å²) in [6.45, 7) is 0.973. The molecule has 0 aliphatic heterocycles. The molecule has 0 aliphatic rings. The van der Waals surface area contributed by atoms with Crippen molar-refractivity contribution in [3.05, 3.63) is 69.7 Å². The number of hydrogen-bond acceptors (Lipinski definition) is 6. The van der Waals surface area contributed by atoms with Crippen LogP contribution >= 0.6 is 0 Å². The minimum atomic E-state index is -0.949. The number of nitrogens with zero attached hydrogens (tertiary/aromatic N) is 1. The number of aromatic amines is 2. The topological polar surface area (TPSA) is 142 Å². The van der Waals surface area contributed by atoms with Gasteiger partial charge in [-0.15, -0.1) is 0 Å². The van der Waals surface area contributed by atoms with Crippen molar-refractivity contribution < 1.29 is 18.3 Å². The molecule has 0 radical (unpaired) electrons. The van der Waals surface area contributed by atoms with Crippen LogP contribution in [0.4, 0.5) is 14.5 Å². The average molecular weight is 432 g/mol. The minimum Gasteiger partial charge on any atom is -0.494 e. The number of rotatable bonds is 10. The highest BCUT2D eigenvalue weighted by molar-refractivity contribution is 5.95. The van der Waals surface area contributed by atoms with Crippen LogP contribution in [0.2, 0.25) is 0 Å². The number of halogens is 2. The lowest BCUT2D eigenvalue weighted by Gasteiger charge is -2.21. The predicted octanol–water partition coefficient (Wildman–Crippen LogP) is 2.47. The Morgan fingerprint density at radius 2 is 2.03 bits per heavy atom. The van der Waals surface area contributed by atoms with Crippen molar-refractivity contribution in [1.82, 2.24) is 15.2 Å². The molecule has 6 N–H and O–H groups in total. The largest absolute Gasteiger partial charge is 0.494 e. The van der Waals surface area contributed by atoms with E-state index in [9.17, 15) is 9.18 Å². The lowest BCUT2D eigenvalue weighted by molar-refractivity contribution is 0.258. The number of benzene rings is 2. The molecule has 1 atom stereocenters. The van der Waals surface area contributed by atoms with E-state index in [1.54, 1.807) is 31.2 Å². The second-order valence-corrected chi connectivity index (χ2v) is 6.43. The van der Waals surface area contributed by atoms with E-state index in [0.717, 1.165) is 0 Å². The molecule has 0 aliphatic carbocycles. The van der Waals surface area contributed by atoms with E-state index in [2.05, 4.69) is 20.5 Å². The summed E-state index contributed by atoms with van der Waals surface area (Å²) < 4.78 is 38.6. The van der Waals surface area contributed by atoms with E-state index in [0.29, 0.717) is 23.6 Å². The highest BCUT2D eigenvalue weighted by atomic mass is 19.1. The van der Waals surface area contributed by atoms with Crippen molar-refractivity contribution in [3.63, 3.8) is 0 Å². The molecule has 1 aromatic heterocycles. The van der Waals surface area contributed by atoms with Gasteiger partial charge in [0.15, 0.2) is 17.4 Å². The van der Waals surface area contributed by atoms with E-state index >= 15 is 4.39 Å². The molecule has 3 rings (SSSR count). The highest BCUT2D eigenvalue weighted by Gasteiger charge is 2.25. The van der Waals surface area contributed by atoms with Gasteiger partial charge in [0, 0.05) is 22.9 Å². The fraction of sp³-hybridized carbons (Fsp3) is 0.250. The van der Waals surface area contributed by atoms with Crippen LogP contribution in [0.25, 0.3) is 0 Å². The molecular weight excluding hydrogens is 410 g/mol. The zero-order valence-corrected chi connectivity index (χ0v) is 16.7. The summed E-state index contributed by atoms with van der Waals surface area (Å²) in [6, 6.07) is 8.39. The summed E-state index contributed by atoms with van der Waals surface area (Å²) in [5.74, 6) is -0.604. The Labute approximate surface area is 176 Å². The predicted molar refractivity (Wildman–Crippen MR) is 111 cm³/mol. The van der Waals surface area contributed by atoms with Gasteiger partial charge in [-0.1, -0.05) is 0 Å². The van der Waals surface area contributed by atoms with Gasteiger partial charge in [-0.05, 0) is 37.3 Å². The number of aromatic nitrogens is 3. The monoisotopic (exact) mass is 432 g/mol. The summed E-state index contributed by atoms with van der Waals surface area (Å²) in [6.07, 6.45) is 0. The lowest BCUT2D eigenvalue weighted by atomic mass is 10.0. The molecule has 9 nitrogen and oxygen atoms in total. The van der Waals surface area contributed by atoms with Crippen LogP contribution in [0.3, 0.4) is 0 Å². The first-order valence-electron chi connectivity index (χ1n) is 9.43. The number of amidine groups is 1. The summed E-state index contributed by atoms with van der Waals surface area (Å²) in [7, 11) is 0. The van der Waals surface area contributed by atoms with Crippen LogP contribution in [0.15, 0.2) is 41.2 Å². The van der Waals surface area contributed by atoms with Crippen molar-refractivity contribution in [2.75, 3.05) is 25.2 Å². The molecule has 0 saturated heterocycles. The standard InChI is InChI=1S/C20H22F2N6O3/c1-2-30-13-9-14(16(22)15(10-13)31-8-7-21)17(19-26-20(29)28-27-19)25-12-5-3-11(4-6-12)18(23)24/h3-6,9-10,17,25H,2,7-8H2,1H3,(H3,23,24)(H2,26,27,28,29)/t17-/m0/s1. The Bertz CT molecular complexity index is 1100. The lowest BCUT2D eigenvalue weighted by Crippen LogP contribution is -2.18. The summed E-state index contributed by atoms with van der Waals surface area (Å²) in [5, 5.41) is 16.8. The van der Waals surface area contributed by atoms with Crippen LogP contribution in [0.1, 0.15) is 29.9 Å². The van der Waals surface area contributed by atoms with Crippen molar-refractivity contribution in [1.29, 1.82) is 5.41 Å². The fourth-order valence-corrected chi connectivity index (χ4v) is 2.93. The second kappa shape index (κ2) is 9.74. The van der Waals surface area contributed by atoms with Crippen LogP contribution < -0.4 is 26.2 Å². The number of nitrogen functional groups attached to an aromatic ring is 1. The Balaban J connectivity index is 2.07. The summed E-state index contributed by atoms with van der Waals surface area (Å²) in [4.78, 5) is 14.2. The van der Waals surface area contributed by atoms with E-state index in [1.807, 2.05) is 0 Å². The van der Waals surface area contributed by atoms with E-state index in [-0.39, 0.29) is 29.6 Å². The zero-order valence-electron chi connectivity index (χ0n) is 16.7. The Morgan fingerprint density at radius 3 is 2.61 bits per heavy atom. The first-order valence-corrected chi connectivity index (χ1v) is 9.43. The molecule has 11 heteroatoms. The molecule has 0 bridgehead atoms. The number of nitrogens with one attached hydrogen (secondary N) is 4. The molecule has 0 unspecified atom stereocenters. The third-order valence-electron chi connectivity index (χ3n) is 4.30. The maximum absolute atomic E-state index is 15.3. The molecule has 1 heterocycles. The van der Waals surface area contributed by atoms with Gasteiger partial charge in [-0.25, -0.2) is 18.7 Å². The van der Waals surface area contributed by atoms with Gasteiger partial charge in [-0.3, -0.25) is 10.4 Å². The molecular formula is C20H22F2N6O3. The van der Waals surface area contributed by atoms with Crippen LogP contribution in [0.5, 0.6) is 11.5 Å². The smallest absolute Gasteiger partial charge is 0.340 e. The SMILES string of the molecule is CCOc1cc(OCCF)c(F)c([C@H](Nc2ccc(C(=N)N)cc2)c2n[nH]c(=O)[nH]2)c1. The normalized spacial score (nSPS) is 11.7. The number of H-pyrrole nitrogens is 2. The molecule has 0 spiro atoms. The molecule has 0 fully saturated rings. The number of ether oxygens (including phenoxy) is 2. The Hall–Kier alpha value is -3.89. The first kappa shape index (κ1) is 21.8. The van der Waals surface area contributed by atoms with Gasteiger partial charge in [0.2, 0.25) is 0 Å². The zero-order chi connectivity index (χ0) is 22.4. The average Bonchev–Trinajstić information content (AvgIpc) is 3.19. The van der Waals surface area contributed by atoms with Crippen molar-refractivity contribution >= 4 is 11.5 Å². The maximum Gasteiger partial charge on any atom is 0.340 e. The minimum absolute atomic E-state index is 0.0678. The molecule has 31 heavy (non-hydrogen) atoms. The van der Waals surface area contributed by atoms with Gasteiger partial charge < -0.3 is 20.5 Å². The van der Waals surface area contributed by atoms with Gasteiger partial charge in [-0.2, -0.15) is 5.10 Å². The van der Waals surface area contributed by atoms with Gasteiger partial charge in [0.05, 0.1) is 6.61 Å². The molecule has 164 valence electrons. The summed E-state index contributed by atoms with van der Waals surface area (Å²) in [5.41, 5.74) is 6.04. The van der Waals surface area contributed by atoms with Crippen LogP contribution in [-0.2, 0) is 0 Å². The number of nitrogens with two attached hydrogens (primary N) is 1. The first-order chi connectivity index (χ1) is 14.9. The van der Waals surface area contributed by atoms with Gasteiger partial charge in [0.1, 0.15) is 30.9 Å². The summed E-state index contributed by atoms with van der Waals surface area (Å²) >= 11 is 0. The second-order valence-electron chi connectivity index (χ2n) is 6.43. The van der Waals surface area contributed by atoms with Crippen molar-refractivity contribution in [2.45, 2.75) is 13.0 Å². The van der Waals surface area contributed by atoms with Crippen molar-refractivity contribution in [2.24, 2.45) is 5.73 Å². The van der Waals surface area contributed by atoms with E-state index in [1.165, 1.54) is 12.1 Å². The molecule has 0 saturated carbocycles. The van der Waals surface area contributed by atoms with Gasteiger partial charge in [0.25, 0.3) is 0 Å². The van der Waals surface area contributed by atoms with Crippen LogP contribution in [0, 0.1) is 11.2 Å². The Morgan fingerprint density at radius 1 is 1.29 bits per heavy atom. The molecule has 0 amide bonds. The maximum atomic E-state index is 15.3. The number of anilines is 1.